The third kappa shape index (κ3) is 2.31. The largest absolute Gasteiger partial charge is 0.416 e. The Morgan fingerprint density at radius 2 is 1.52 bits per heavy atom. The van der Waals surface area contributed by atoms with Crippen LogP contribution in [-0.4, -0.2) is 11.8 Å². The molecule has 2 N–H and O–H groups in total. The van der Waals surface area contributed by atoms with Crippen LogP contribution in [0.4, 0.5) is 18.0 Å². The van der Waals surface area contributed by atoms with Gasteiger partial charge in [-0.25, -0.2) is 4.79 Å². The highest BCUT2D eigenvalue weighted by atomic mass is 19.4. The smallest absolute Gasteiger partial charge is 0.327 e. The SMILES string of the molecule is O=C1NC2=C(C(=O)c3ccccc32)C(c2ccccc2C(F)(F)F)N1. The van der Waals surface area contributed by atoms with Crippen molar-refractivity contribution in [3.8, 4) is 0 Å². The van der Waals surface area contributed by atoms with Crippen LogP contribution in [-0.2, 0) is 6.18 Å². The quantitative estimate of drug-likeness (QED) is 0.829. The normalized spacial score (nSPS) is 19.2. The first kappa shape index (κ1) is 15.4. The van der Waals surface area contributed by atoms with E-state index in [-0.39, 0.29) is 22.6 Å². The van der Waals surface area contributed by atoms with Gasteiger partial charge < -0.3 is 10.6 Å². The Bertz CT molecular complexity index is 947. The number of benzene rings is 2. The van der Waals surface area contributed by atoms with Crippen LogP contribution in [0.2, 0.25) is 0 Å². The molecule has 1 heterocycles. The van der Waals surface area contributed by atoms with Gasteiger partial charge in [0, 0.05) is 11.1 Å². The summed E-state index contributed by atoms with van der Waals surface area (Å²) in [5, 5.41) is 5.00. The van der Waals surface area contributed by atoms with Crippen LogP contribution >= 0.6 is 0 Å². The molecular weight excluding hydrogens is 333 g/mol. The summed E-state index contributed by atoms with van der Waals surface area (Å²) >= 11 is 0. The predicted octanol–water partition coefficient (Wildman–Crippen LogP) is 3.67. The van der Waals surface area contributed by atoms with Gasteiger partial charge in [-0.1, -0.05) is 42.5 Å². The van der Waals surface area contributed by atoms with E-state index in [0.717, 1.165) is 6.07 Å². The number of halogens is 3. The molecule has 0 aromatic heterocycles. The standard InChI is InChI=1S/C18H11F3N2O2/c19-18(20,21)12-8-4-3-7-11(12)15-13-14(22-17(25)23-15)9-5-1-2-6-10(9)16(13)24/h1-8,15H,(H2,22,23,25). The Balaban J connectivity index is 1.92. The van der Waals surface area contributed by atoms with Gasteiger partial charge in [0.1, 0.15) is 0 Å². The molecule has 4 rings (SSSR count). The van der Waals surface area contributed by atoms with Crippen LogP contribution in [0.15, 0.2) is 54.1 Å². The number of hydrogen-bond donors (Lipinski definition) is 2. The third-order valence-corrected chi connectivity index (χ3v) is 4.33. The molecular formula is C18H11F3N2O2. The van der Waals surface area contributed by atoms with E-state index in [2.05, 4.69) is 10.6 Å². The van der Waals surface area contributed by atoms with E-state index >= 15 is 0 Å². The fourth-order valence-electron chi connectivity index (χ4n) is 3.31. The number of rotatable bonds is 1. The maximum atomic E-state index is 13.4. The molecule has 1 aliphatic heterocycles. The molecule has 0 saturated carbocycles. The number of carbonyl (C=O) groups is 2. The highest BCUT2D eigenvalue weighted by Gasteiger charge is 2.43. The first-order chi connectivity index (χ1) is 11.9. The second-order valence-electron chi connectivity index (χ2n) is 5.78. The third-order valence-electron chi connectivity index (χ3n) is 4.33. The molecule has 2 aromatic carbocycles. The van der Waals surface area contributed by atoms with Crippen LogP contribution in [0.1, 0.15) is 33.1 Å². The van der Waals surface area contributed by atoms with E-state index in [0.29, 0.717) is 11.1 Å². The van der Waals surface area contributed by atoms with Crippen LogP contribution in [0, 0.1) is 0 Å². The van der Waals surface area contributed by atoms with Crippen molar-refractivity contribution in [1.29, 1.82) is 0 Å². The predicted molar refractivity (Wildman–Crippen MR) is 83.5 cm³/mol. The maximum Gasteiger partial charge on any atom is 0.416 e. The average Bonchev–Trinajstić information content (AvgIpc) is 2.87. The molecule has 1 atom stereocenters. The molecule has 25 heavy (non-hydrogen) atoms. The van der Waals surface area contributed by atoms with Crippen molar-refractivity contribution in [2.75, 3.05) is 0 Å². The van der Waals surface area contributed by atoms with Gasteiger partial charge in [0.2, 0.25) is 0 Å². The molecule has 1 aliphatic carbocycles. The zero-order chi connectivity index (χ0) is 17.8. The maximum absolute atomic E-state index is 13.4. The van der Waals surface area contributed by atoms with E-state index in [1.165, 1.54) is 18.2 Å². The summed E-state index contributed by atoms with van der Waals surface area (Å²) in [6, 6.07) is 9.75. The minimum absolute atomic E-state index is 0.123. The topological polar surface area (TPSA) is 58.2 Å². The summed E-state index contributed by atoms with van der Waals surface area (Å²) < 4.78 is 40.1. The summed E-state index contributed by atoms with van der Waals surface area (Å²) in [4.78, 5) is 24.8. The van der Waals surface area contributed by atoms with Crippen molar-refractivity contribution in [3.63, 3.8) is 0 Å². The molecule has 4 nitrogen and oxygen atoms in total. The Kier molecular flexibility index (Phi) is 3.21. The lowest BCUT2D eigenvalue weighted by Gasteiger charge is -2.28. The number of fused-ring (bicyclic) bond motifs is 2. The molecule has 2 aromatic rings. The van der Waals surface area contributed by atoms with Crippen LogP contribution in [0.3, 0.4) is 0 Å². The van der Waals surface area contributed by atoms with E-state index < -0.39 is 23.8 Å². The zero-order valence-electron chi connectivity index (χ0n) is 12.6. The monoisotopic (exact) mass is 344 g/mol. The Hall–Kier alpha value is -3.09. The van der Waals surface area contributed by atoms with Gasteiger partial charge in [0.25, 0.3) is 0 Å². The number of ketones is 1. The molecule has 0 saturated heterocycles. The van der Waals surface area contributed by atoms with Crippen LogP contribution < -0.4 is 10.6 Å². The van der Waals surface area contributed by atoms with Gasteiger partial charge in [0.15, 0.2) is 5.78 Å². The summed E-state index contributed by atoms with van der Waals surface area (Å²) in [6.45, 7) is 0. The summed E-state index contributed by atoms with van der Waals surface area (Å²) in [7, 11) is 0. The zero-order valence-corrected chi connectivity index (χ0v) is 12.6. The Morgan fingerprint density at radius 3 is 2.24 bits per heavy atom. The van der Waals surface area contributed by atoms with E-state index in [9.17, 15) is 22.8 Å². The number of hydrogen-bond acceptors (Lipinski definition) is 2. The molecule has 7 heteroatoms. The summed E-state index contributed by atoms with van der Waals surface area (Å²) in [6.07, 6.45) is -4.60. The molecule has 126 valence electrons. The number of alkyl halides is 3. The van der Waals surface area contributed by atoms with E-state index in [4.69, 9.17) is 0 Å². The molecule has 0 radical (unpaired) electrons. The fourth-order valence-corrected chi connectivity index (χ4v) is 3.31. The van der Waals surface area contributed by atoms with Crippen molar-refractivity contribution >= 4 is 17.5 Å². The van der Waals surface area contributed by atoms with Crippen molar-refractivity contribution in [2.45, 2.75) is 12.2 Å². The summed E-state index contributed by atoms with van der Waals surface area (Å²) in [5.74, 6) is -0.389. The minimum atomic E-state index is -4.60. The second kappa shape index (κ2) is 5.20. The lowest BCUT2D eigenvalue weighted by Crippen LogP contribution is -2.43. The number of amides is 2. The highest BCUT2D eigenvalue weighted by molar-refractivity contribution is 6.23. The first-order valence-electron chi connectivity index (χ1n) is 7.50. The lowest BCUT2D eigenvalue weighted by atomic mass is 9.91. The lowest BCUT2D eigenvalue weighted by molar-refractivity contribution is -0.138. The van der Waals surface area contributed by atoms with Gasteiger partial charge in [-0.2, -0.15) is 13.2 Å². The van der Waals surface area contributed by atoms with Gasteiger partial charge in [-0.3, -0.25) is 4.79 Å². The first-order valence-corrected chi connectivity index (χ1v) is 7.50. The van der Waals surface area contributed by atoms with Crippen molar-refractivity contribution in [2.24, 2.45) is 0 Å². The average molecular weight is 344 g/mol. The van der Waals surface area contributed by atoms with E-state index in [1.54, 1.807) is 24.3 Å². The second-order valence-corrected chi connectivity index (χ2v) is 5.78. The van der Waals surface area contributed by atoms with Crippen molar-refractivity contribution in [3.05, 3.63) is 76.4 Å². The number of nitrogens with one attached hydrogen (secondary N) is 2. The molecule has 0 spiro atoms. The number of carbonyl (C=O) groups excluding carboxylic acids is 2. The molecule has 1 unspecified atom stereocenters. The molecule has 0 bridgehead atoms. The van der Waals surface area contributed by atoms with Gasteiger partial charge in [-0.15, -0.1) is 0 Å². The minimum Gasteiger partial charge on any atom is -0.327 e. The van der Waals surface area contributed by atoms with Crippen LogP contribution in [0.25, 0.3) is 5.70 Å². The highest BCUT2D eigenvalue weighted by Crippen LogP contribution is 2.43. The van der Waals surface area contributed by atoms with E-state index in [1.807, 2.05) is 0 Å². The van der Waals surface area contributed by atoms with Gasteiger partial charge in [-0.05, 0) is 11.6 Å². The molecule has 0 fully saturated rings. The Labute approximate surface area is 140 Å². The molecule has 2 aliphatic rings. The number of urea groups is 1. The van der Waals surface area contributed by atoms with Crippen molar-refractivity contribution in [1.82, 2.24) is 10.6 Å². The van der Waals surface area contributed by atoms with Crippen LogP contribution in [0.5, 0.6) is 0 Å². The summed E-state index contributed by atoms with van der Waals surface area (Å²) in [5.41, 5.74) is 0.248. The Morgan fingerprint density at radius 1 is 0.880 bits per heavy atom. The number of Topliss-reactive ketones (excluding diaryl/α,β-unsaturated/α-hetero) is 1. The van der Waals surface area contributed by atoms with Gasteiger partial charge >= 0.3 is 12.2 Å². The molecule has 2 amide bonds. The van der Waals surface area contributed by atoms with Gasteiger partial charge in [0.05, 0.1) is 22.9 Å². The van der Waals surface area contributed by atoms with Crippen molar-refractivity contribution < 1.29 is 22.8 Å². The fraction of sp³-hybridized carbons (Fsp3) is 0.111.